The Labute approximate surface area is 201 Å². The summed E-state index contributed by atoms with van der Waals surface area (Å²) in [6.07, 6.45) is 5.73. The molecule has 1 saturated heterocycles. The Kier molecular flexibility index (Phi) is 5.32. The Bertz CT molecular complexity index is 1410. The van der Waals surface area contributed by atoms with E-state index in [-0.39, 0.29) is 30.2 Å². The lowest BCUT2D eigenvalue weighted by Gasteiger charge is -2.24. The van der Waals surface area contributed by atoms with Crippen molar-refractivity contribution in [1.29, 1.82) is 0 Å². The molecule has 0 bridgehead atoms. The van der Waals surface area contributed by atoms with Gasteiger partial charge >= 0.3 is 0 Å². The highest BCUT2D eigenvalue weighted by Gasteiger charge is 2.33. The van der Waals surface area contributed by atoms with Crippen LogP contribution in [-0.4, -0.2) is 51.9 Å². The van der Waals surface area contributed by atoms with E-state index in [1.165, 1.54) is 24.3 Å². The quantitative estimate of drug-likeness (QED) is 0.583. The minimum Gasteiger partial charge on any atom is -0.390 e. The number of ether oxygens (including phenoxy) is 1. The number of likely N-dealkylation sites (N-methyl/N-ethyl adjacent to an activating group) is 1. The molecule has 180 valence electrons. The monoisotopic (exact) mass is 476 g/mol. The lowest BCUT2D eigenvalue weighted by atomic mass is 9.83. The van der Waals surface area contributed by atoms with Crippen molar-refractivity contribution in [2.75, 3.05) is 25.9 Å². The number of halogens is 2. The lowest BCUT2D eigenvalue weighted by molar-refractivity contribution is 0.0599. The first kappa shape index (κ1) is 22.2. The molecule has 0 spiro atoms. The van der Waals surface area contributed by atoms with Crippen molar-refractivity contribution < 1.29 is 18.6 Å². The number of aliphatic hydroxyl groups excluding tert-OH is 1. The molecule has 1 fully saturated rings. The standard InChI is InChI=1S/C27H26F2N4O2/c1-32-12-24(25(34)13-32)33-23-7-2-15(9-22(23)31-27(33)30)8-21-19-5-3-17(28)10-16(19)14-35-26-11-18(29)4-6-20(21)26/h2-11,20,24-26,34H,12-14H2,1H3,(H2,30,31)/b21-8+/t20?,24-,25-,26?/m0/s1. The van der Waals surface area contributed by atoms with Gasteiger partial charge in [-0.1, -0.05) is 24.3 Å². The number of hydrogen-bond acceptors (Lipinski definition) is 5. The van der Waals surface area contributed by atoms with Crippen LogP contribution in [0.5, 0.6) is 0 Å². The highest BCUT2D eigenvalue weighted by atomic mass is 19.1. The summed E-state index contributed by atoms with van der Waals surface area (Å²) >= 11 is 0. The molecular formula is C27H26F2N4O2. The predicted molar refractivity (Wildman–Crippen MR) is 131 cm³/mol. The summed E-state index contributed by atoms with van der Waals surface area (Å²) in [5.41, 5.74) is 11.3. The molecule has 0 amide bonds. The third-order valence-electron chi connectivity index (χ3n) is 7.15. The molecule has 2 aromatic carbocycles. The molecule has 35 heavy (non-hydrogen) atoms. The second-order valence-electron chi connectivity index (χ2n) is 9.56. The highest BCUT2D eigenvalue weighted by molar-refractivity contribution is 5.89. The van der Waals surface area contributed by atoms with Crippen molar-refractivity contribution in [3.63, 3.8) is 0 Å². The van der Waals surface area contributed by atoms with Crippen LogP contribution in [0.3, 0.4) is 0 Å². The minimum absolute atomic E-state index is 0.162. The van der Waals surface area contributed by atoms with E-state index >= 15 is 0 Å². The fraction of sp³-hybridized carbons (Fsp3) is 0.296. The van der Waals surface area contributed by atoms with Gasteiger partial charge in [-0.15, -0.1) is 0 Å². The van der Waals surface area contributed by atoms with E-state index in [9.17, 15) is 13.9 Å². The number of fused-ring (bicyclic) bond motifs is 3. The van der Waals surface area contributed by atoms with E-state index in [1.807, 2.05) is 35.9 Å². The summed E-state index contributed by atoms with van der Waals surface area (Å²) in [5, 5.41) is 10.5. The number of aromatic nitrogens is 2. The van der Waals surface area contributed by atoms with Crippen molar-refractivity contribution in [3.8, 4) is 0 Å². The third kappa shape index (κ3) is 3.87. The van der Waals surface area contributed by atoms with Gasteiger partial charge in [-0.05, 0) is 65.7 Å². The SMILES string of the molecule is CN1C[C@H](O)[C@@H](n2c(N)nc3cc(/C=C4\c5ccc(F)cc5COC5C=C(F)C=CC45)ccc32)C1. The molecule has 0 saturated carbocycles. The summed E-state index contributed by atoms with van der Waals surface area (Å²) in [7, 11) is 1.97. The number of anilines is 1. The van der Waals surface area contributed by atoms with Crippen LogP contribution in [-0.2, 0) is 11.3 Å². The zero-order valence-electron chi connectivity index (χ0n) is 19.2. The van der Waals surface area contributed by atoms with Crippen LogP contribution >= 0.6 is 0 Å². The number of nitrogens with zero attached hydrogens (tertiary/aromatic N) is 3. The molecule has 6 rings (SSSR count). The molecule has 3 N–H and O–H groups in total. The Hall–Kier alpha value is -3.33. The number of benzene rings is 2. The van der Waals surface area contributed by atoms with Crippen LogP contribution in [0, 0.1) is 11.7 Å². The molecule has 3 aromatic rings. The average Bonchev–Trinajstić information content (AvgIpc) is 3.27. The number of nitrogens with two attached hydrogens (primary N) is 1. The maximum Gasteiger partial charge on any atom is 0.201 e. The number of aliphatic hydroxyl groups is 1. The number of allylic oxidation sites excluding steroid dienone is 2. The van der Waals surface area contributed by atoms with Crippen LogP contribution < -0.4 is 5.73 Å². The second kappa shape index (κ2) is 8.41. The molecule has 3 aliphatic rings. The smallest absolute Gasteiger partial charge is 0.201 e. The molecule has 1 aliphatic carbocycles. The molecule has 1 aromatic heterocycles. The normalized spacial score (nSPS) is 27.7. The number of imidazole rings is 1. The summed E-state index contributed by atoms with van der Waals surface area (Å²) in [6, 6.07) is 10.4. The number of β-amino-alcohol motifs (C(OH)–C–C–N with tert-alkyl or cyclic N) is 1. The number of likely N-dealkylation sites (tertiary alicyclic amines) is 1. The molecule has 6 nitrogen and oxygen atoms in total. The van der Waals surface area contributed by atoms with E-state index in [1.54, 1.807) is 12.1 Å². The van der Waals surface area contributed by atoms with E-state index < -0.39 is 12.2 Å². The van der Waals surface area contributed by atoms with Gasteiger partial charge < -0.3 is 25.0 Å². The number of hydrogen-bond donors (Lipinski definition) is 2. The molecule has 4 atom stereocenters. The molecule has 8 heteroatoms. The Balaban J connectivity index is 1.45. The Morgan fingerprint density at radius 2 is 2.03 bits per heavy atom. The first-order chi connectivity index (χ1) is 16.9. The number of rotatable bonds is 2. The van der Waals surface area contributed by atoms with Crippen LogP contribution in [0.1, 0.15) is 22.7 Å². The number of nitrogen functional groups attached to an aromatic ring is 1. The van der Waals surface area contributed by atoms with Crippen LogP contribution in [0.25, 0.3) is 22.7 Å². The maximum absolute atomic E-state index is 14.0. The summed E-state index contributed by atoms with van der Waals surface area (Å²) < 4.78 is 35.9. The van der Waals surface area contributed by atoms with Gasteiger partial charge in [0, 0.05) is 19.0 Å². The van der Waals surface area contributed by atoms with Gasteiger partial charge in [-0.2, -0.15) is 0 Å². The fourth-order valence-corrected chi connectivity index (χ4v) is 5.52. The molecule has 0 radical (unpaired) electrons. The fourth-order valence-electron chi connectivity index (χ4n) is 5.52. The van der Waals surface area contributed by atoms with E-state index in [2.05, 4.69) is 9.88 Å². The first-order valence-electron chi connectivity index (χ1n) is 11.7. The predicted octanol–water partition coefficient (Wildman–Crippen LogP) is 4.08. The van der Waals surface area contributed by atoms with Crippen molar-refractivity contribution >= 4 is 28.6 Å². The average molecular weight is 477 g/mol. The second-order valence-corrected chi connectivity index (χ2v) is 9.56. The van der Waals surface area contributed by atoms with Gasteiger partial charge in [-0.25, -0.2) is 13.8 Å². The molecule has 2 unspecified atom stereocenters. The van der Waals surface area contributed by atoms with Gasteiger partial charge in [0.25, 0.3) is 0 Å². The van der Waals surface area contributed by atoms with Crippen molar-refractivity contribution in [2.24, 2.45) is 5.92 Å². The van der Waals surface area contributed by atoms with Gasteiger partial charge in [0.1, 0.15) is 11.6 Å². The molecule has 2 aliphatic heterocycles. The zero-order chi connectivity index (χ0) is 24.3. The Morgan fingerprint density at radius 3 is 2.83 bits per heavy atom. The van der Waals surface area contributed by atoms with Gasteiger partial charge in [0.2, 0.25) is 5.95 Å². The van der Waals surface area contributed by atoms with E-state index in [0.717, 1.165) is 33.3 Å². The van der Waals surface area contributed by atoms with E-state index in [0.29, 0.717) is 19.0 Å². The van der Waals surface area contributed by atoms with Crippen LogP contribution in [0.4, 0.5) is 14.7 Å². The largest absolute Gasteiger partial charge is 0.390 e. The van der Waals surface area contributed by atoms with E-state index in [4.69, 9.17) is 10.5 Å². The third-order valence-corrected chi connectivity index (χ3v) is 7.15. The van der Waals surface area contributed by atoms with Crippen molar-refractivity contribution in [3.05, 3.63) is 83.0 Å². The first-order valence-corrected chi connectivity index (χ1v) is 11.7. The van der Waals surface area contributed by atoms with Gasteiger partial charge in [0.05, 0.1) is 35.9 Å². The Morgan fingerprint density at radius 1 is 1.17 bits per heavy atom. The molecule has 3 heterocycles. The van der Waals surface area contributed by atoms with Crippen molar-refractivity contribution in [2.45, 2.75) is 24.9 Å². The van der Waals surface area contributed by atoms with Crippen molar-refractivity contribution in [1.82, 2.24) is 14.5 Å². The maximum atomic E-state index is 14.0. The molecular weight excluding hydrogens is 450 g/mol. The highest BCUT2D eigenvalue weighted by Crippen LogP contribution is 2.40. The minimum atomic E-state index is -0.521. The van der Waals surface area contributed by atoms with Gasteiger partial charge in [0.15, 0.2) is 0 Å². The summed E-state index contributed by atoms with van der Waals surface area (Å²) in [4.78, 5) is 6.64. The zero-order valence-corrected chi connectivity index (χ0v) is 19.2. The van der Waals surface area contributed by atoms with Crippen LogP contribution in [0.15, 0.2) is 60.5 Å². The summed E-state index contributed by atoms with van der Waals surface area (Å²) in [6.45, 7) is 1.47. The van der Waals surface area contributed by atoms with Gasteiger partial charge in [-0.3, -0.25) is 0 Å². The lowest BCUT2D eigenvalue weighted by Crippen LogP contribution is -2.23. The van der Waals surface area contributed by atoms with Crippen LogP contribution in [0.2, 0.25) is 0 Å². The topological polar surface area (TPSA) is 76.5 Å². The summed E-state index contributed by atoms with van der Waals surface area (Å²) in [5.74, 6) is -0.534.